The Balaban J connectivity index is 2.71. The second kappa shape index (κ2) is 8.79. The minimum atomic E-state index is -0.709. The fourth-order valence-electron chi connectivity index (χ4n) is 2.53. The number of carbonyl (C=O) groups excluding carboxylic acids is 1. The molecule has 7 heteroatoms. The lowest BCUT2D eigenvalue weighted by atomic mass is 9.85. The van der Waals surface area contributed by atoms with Crippen LogP contribution in [0.25, 0.3) is 10.4 Å². The van der Waals surface area contributed by atoms with Crippen molar-refractivity contribution in [1.29, 1.82) is 0 Å². The fraction of sp³-hybridized carbons (Fsp3) is 0.923. The summed E-state index contributed by atoms with van der Waals surface area (Å²) in [5, 5.41) is 6.71. The van der Waals surface area contributed by atoms with Gasteiger partial charge >= 0.3 is 5.97 Å². The van der Waals surface area contributed by atoms with Gasteiger partial charge in [-0.25, -0.2) is 0 Å². The number of esters is 1. The number of azide groups is 1. The number of rotatable bonds is 8. The Kier molecular flexibility index (Phi) is 7.36. The van der Waals surface area contributed by atoms with Gasteiger partial charge in [-0.05, 0) is 25.3 Å². The SMILES string of the molecule is CCCC1CC(NCCN=[N+]=[N-])(C(=O)OCC)CCO1. The molecule has 1 fully saturated rings. The van der Waals surface area contributed by atoms with E-state index in [1.165, 1.54) is 0 Å². The second-order valence-corrected chi connectivity index (χ2v) is 4.92. The third-order valence-electron chi connectivity index (χ3n) is 3.47. The minimum absolute atomic E-state index is 0.0742. The van der Waals surface area contributed by atoms with Crippen molar-refractivity contribution < 1.29 is 14.3 Å². The molecule has 1 N–H and O–H groups in total. The van der Waals surface area contributed by atoms with E-state index >= 15 is 0 Å². The molecular weight excluding hydrogens is 260 g/mol. The second-order valence-electron chi connectivity index (χ2n) is 4.92. The molecule has 0 bridgehead atoms. The smallest absolute Gasteiger partial charge is 0.326 e. The summed E-state index contributed by atoms with van der Waals surface area (Å²) in [5.41, 5.74) is 7.58. The van der Waals surface area contributed by atoms with Crippen molar-refractivity contribution in [2.45, 2.75) is 51.2 Å². The van der Waals surface area contributed by atoms with Crippen LogP contribution in [0.15, 0.2) is 5.11 Å². The van der Waals surface area contributed by atoms with Crippen molar-refractivity contribution in [3.63, 3.8) is 0 Å². The summed E-state index contributed by atoms with van der Waals surface area (Å²) in [6.07, 6.45) is 3.21. The van der Waals surface area contributed by atoms with Gasteiger partial charge in [0.15, 0.2) is 0 Å². The number of carbonyl (C=O) groups is 1. The quantitative estimate of drug-likeness (QED) is 0.243. The lowest BCUT2D eigenvalue weighted by Gasteiger charge is -2.39. The average molecular weight is 284 g/mol. The highest BCUT2D eigenvalue weighted by molar-refractivity contribution is 5.81. The lowest BCUT2D eigenvalue weighted by molar-refractivity contribution is -0.158. The molecule has 0 saturated carbocycles. The molecule has 0 aliphatic carbocycles. The van der Waals surface area contributed by atoms with E-state index < -0.39 is 5.54 Å². The summed E-state index contributed by atoms with van der Waals surface area (Å²) >= 11 is 0. The van der Waals surface area contributed by atoms with Crippen molar-refractivity contribution in [2.24, 2.45) is 5.11 Å². The zero-order valence-corrected chi connectivity index (χ0v) is 12.3. The Morgan fingerprint density at radius 3 is 3.05 bits per heavy atom. The van der Waals surface area contributed by atoms with Crippen LogP contribution < -0.4 is 5.32 Å². The third kappa shape index (κ3) is 4.67. The summed E-state index contributed by atoms with van der Waals surface area (Å²) < 4.78 is 10.9. The highest BCUT2D eigenvalue weighted by Gasteiger charge is 2.43. The number of hydrogen-bond donors (Lipinski definition) is 1. The zero-order valence-electron chi connectivity index (χ0n) is 12.3. The Morgan fingerprint density at radius 2 is 2.40 bits per heavy atom. The fourth-order valence-corrected chi connectivity index (χ4v) is 2.53. The van der Waals surface area contributed by atoms with E-state index in [-0.39, 0.29) is 12.1 Å². The van der Waals surface area contributed by atoms with Gasteiger partial charge in [0.2, 0.25) is 0 Å². The minimum Gasteiger partial charge on any atom is -0.465 e. The maximum Gasteiger partial charge on any atom is 0.326 e. The van der Waals surface area contributed by atoms with Crippen molar-refractivity contribution in [2.75, 3.05) is 26.3 Å². The summed E-state index contributed by atoms with van der Waals surface area (Å²) in [4.78, 5) is 15.0. The monoisotopic (exact) mass is 284 g/mol. The van der Waals surface area contributed by atoms with E-state index in [9.17, 15) is 4.79 Å². The van der Waals surface area contributed by atoms with E-state index in [1.807, 2.05) is 0 Å². The molecule has 20 heavy (non-hydrogen) atoms. The maximum absolute atomic E-state index is 12.3. The van der Waals surface area contributed by atoms with Crippen LogP contribution in [0.1, 0.15) is 39.5 Å². The van der Waals surface area contributed by atoms with Gasteiger partial charge in [0.1, 0.15) is 5.54 Å². The molecule has 0 amide bonds. The maximum atomic E-state index is 12.3. The van der Waals surface area contributed by atoms with Crippen molar-refractivity contribution in [3.8, 4) is 0 Å². The molecular formula is C13H24N4O3. The van der Waals surface area contributed by atoms with Gasteiger partial charge in [-0.2, -0.15) is 0 Å². The van der Waals surface area contributed by atoms with Crippen LogP contribution in [0.2, 0.25) is 0 Å². The van der Waals surface area contributed by atoms with Gasteiger partial charge in [-0.15, -0.1) is 0 Å². The first-order chi connectivity index (χ1) is 9.68. The molecule has 7 nitrogen and oxygen atoms in total. The van der Waals surface area contributed by atoms with Gasteiger partial charge in [-0.1, -0.05) is 18.5 Å². The third-order valence-corrected chi connectivity index (χ3v) is 3.47. The van der Waals surface area contributed by atoms with Gasteiger partial charge in [0.05, 0.1) is 12.7 Å². The van der Waals surface area contributed by atoms with E-state index in [4.69, 9.17) is 15.0 Å². The first-order valence-electron chi connectivity index (χ1n) is 7.23. The normalized spacial score (nSPS) is 25.8. The van der Waals surface area contributed by atoms with Crippen molar-refractivity contribution in [1.82, 2.24) is 5.32 Å². The van der Waals surface area contributed by atoms with Crippen molar-refractivity contribution in [3.05, 3.63) is 10.4 Å². The Bertz CT molecular complexity index is 356. The standard InChI is InChI=1S/C13H24N4O3/c1-3-5-11-10-13(6-9-20-11,12(18)19-4-2)15-7-8-16-17-14/h11,15H,3-10H2,1-2H3. The van der Waals surface area contributed by atoms with E-state index in [0.29, 0.717) is 39.1 Å². The van der Waals surface area contributed by atoms with Crippen LogP contribution in [0.4, 0.5) is 0 Å². The predicted octanol–water partition coefficient (Wildman–Crippen LogP) is 2.17. The molecule has 0 aromatic heterocycles. The first kappa shape index (κ1) is 16.8. The van der Waals surface area contributed by atoms with Gasteiger partial charge < -0.3 is 14.8 Å². The Morgan fingerprint density at radius 1 is 1.60 bits per heavy atom. The summed E-state index contributed by atoms with van der Waals surface area (Å²) in [6.45, 7) is 5.57. The molecule has 0 spiro atoms. The highest BCUT2D eigenvalue weighted by atomic mass is 16.5. The molecule has 0 aromatic rings. The topological polar surface area (TPSA) is 96.3 Å². The number of hydrogen-bond acceptors (Lipinski definition) is 5. The predicted molar refractivity (Wildman–Crippen MR) is 75.3 cm³/mol. The summed E-state index contributed by atoms with van der Waals surface area (Å²) in [7, 11) is 0. The van der Waals surface area contributed by atoms with Crippen LogP contribution in [0.5, 0.6) is 0 Å². The molecule has 114 valence electrons. The Hall–Kier alpha value is -1.30. The van der Waals surface area contributed by atoms with E-state index in [0.717, 1.165) is 12.8 Å². The molecule has 0 radical (unpaired) electrons. The molecule has 1 aliphatic heterocycles. The van der Waals surface area contributed by atoms with Crippen molar-refractivity contribution >= 4 is 5.97 Å². The van der Waals surface area contributed by atoms with Crippen LogP contribution in [-0.2, 0) is 14.3 Å². The van der Waals surface area contributed by atoms with Crippen LogP contribution >= 0.6 is 0 Å². The summed E-state index contributed by atoms with van der Waals surface area (Å²) in [5.74, 6) is -0.231. The molecule has 1 heterocycles. The first-order valence-corrected chi connectivity index (χ1v) is 7.23. The lowest BCUT2D eigenvalue weighted by Crippen LogP contribution is -2.58. The van der Waals surface area contributed by atoms with Crippen LogP contribution in [0, 0.1) is 0 Å². The number of ether oxygens (including phenoxy) is 2. The number of nitrogens with one attached hydrogen (secondary N) is 1. The molecule has 2 unspecified atom stereocenters. The number of nitrogens with zero attached hydrogens (tertiary/aromatic N) is 3. The highest BCUT2D eigenvalue weighted by Crippen LogP contribution is 2.28. The van der Waals surface area contributed by atoms with Gasteiger partial charge in [-0.3, -0.25) is 4.79 Å². The van der Waals surface area contributed by atoms with Gasteiger partial charge in [0.25, 0.3) is 0 Å². The zero-order chi connectivity index (χ0) is 14.8. The van der Waals surface area contributed by atoms with Crippen LogP contribution in [0.3, 0.4) is 0 Å². The Labute approximate surface area is 119 Å². The van der Waals surface area contributed by atoms with E-state index in [1.54, 1.807) is 6.92 Å². The molecule has 1 saturated heterocycles. The largest absolute Gasteiger partial charge is 0.465 e. The van der Waals surface area contributed by atoms with E-state index in [2.05, 4.69) is 22.3 Å². The molecule has 1 rings (SSSR count). The average Bonchev–Trinajstić information content (AvgIpc) is 2.45. The summed E-state index contributed by atoms with van der Waals surface area (Å²) in [6, 6.07) is 0. The molecule has 0 aromatic carbocycles. The van der Waals surface area contributed by atoms with Crippen LogP contribution in [-0.4, -0.2) is 43.9 Å². The molecule has 2 atom stereocenters. The van der Waals surface area contributed by atoms with Gasteiger partial charge in [0, 0.05) is 31.0 Å². The molecule has 1 aliphatic rings.